The zero-order valence-corrected chi connectivity index (χ0v) is 12.3. The average Bonchev–Trinajstić information content (AvgIpc) is 3.14. The van der Waals surface area contributed by atoms with E-state index in [1.54, 1.807) is 0 Å². The number of hydrogen-bond acceptors (Lipinski definition) is 3. The number of urea groups is 1. The molecule has 19 heavy (non-hydrogen) atoms. The first-order chi connectivity index (χ1) is 9.34. The quantitative estimate of drug-likeness (QED) is 0.864. The lowest BCUT2D eigenvalue weighted by molar-refractivity contribution is 0.0521. The van der Waals surface area contributed by atoms with Crippen LogP contribution in [0, 0.1) is 0 Å². The van der Waals surface area contributed by atoms with Gasteiger partial charge >= 0.3 is 6.03 Å². The first kappa shape index (κ1) is 13.6. The average molecular weight is 284 g/mol. The molecule has 3 heterocycles. The first-order valence-electron chi connectivity index (χ1n) is 7.62. The summed E-state index contributed by atoms with van der Waals surface area (Å²) in [5.74, 6) is 1.25. The molecule has 0 aromatic carbocycles. The predicted octanol–water partition coefficient (Wildman–Crippen LogP) is 2.24. The molecule has 0 spiro atoms. The summed E-state index contributed by atoms with van der Waals surface area (Å²) in [4.78, 5) is 14.3. The molecule has 1 N–H and O–H groups in total. The van der Waals surface area contributed by atoms with E-state index < -0.39 is 0 Å². The highest BCUT2D eigenvalue weighted by Crippen LogP contribution is 2.28. The van der Waals surface area contributed by atoms with Crippen molar-refractivity contribution in [3.63, 3.8) is 0 Å². The second kappa shape index (κ2) is 6.35. The number of nitrogens with one attached hydrogen (secondary N) is 1. The second-order valence-electron chi connectivity index (χ2n) is 5.78. The van der Waals surface area contributed by atoms with Crippen molar-refractivity contribution < 1.29 is 9.53 Å². The minimum atomic E-state index is 0.130. The number of likely N-dealkylation sites (tertiary alicyclic amines) is 1. The lowest BCUT2D eigenvalue weighted by Gasteiger charge is -2.29. The topological polar surface area (TPSA) is 41.6 Å². The zero-order valence-electron chi connectivity index (χ0n) is 11.5. The number of ether oxygens (including phenoxy) is 1. The van der Waals surface area contributed by atoms with E-state index in [2.05, 4.69) is 5.32 Å². The van der Waals surface area contributed by atoms with Gasteiger partial charge in [0.15, 0.2) is 0 Å². The molecule has 4 nitrogen and oxygen atoms in total. The smallest absolute Gasteiger partial charge is 0.317 e. The summed E-state index contributed by atoms with van der Waals surface area (Å²) < 4.78 is 5.77. The molecule has 2 amide bonds. The van der Waals surface area contributed by atoms with E-state index in [1.165, 1.54) is 18.6 Å². The molecule has 3 fully saturated rings. The molecule has 108 valence electrons. The largest absolute Gasteiger partial charge is 0.376 e. The Kier molecular flexibility index (Phi) is 4.53. The highest BCUT2D eigenvalue weighted by Gasteiger charge is 2.36. The Morgan fingerprint density at radius 1 is 1.26 bits per heavy atom. The van der Waals surface area contributed by atoms with Crippen LogP contribution in [0.2, 0.25) is 0 Å². The van der Waals surface area contributed by atoms with E-state index in [9.17, 15) is 4.79 Å². The number of carbonyl (C=O) groups is 1. The van der Waals surface area contributed by atoms with E-state index in [-0.39, 0.29) is 12.1 Å². The van der Waals surface area contributed by atoms with Crippen LogP contribution in [0.5, 0.6) is 0 Å². The van der Waals surface area contributed by atoms with Gasteiger partial charge < -0.3 is 15.0 Å². The van der Waals surface area contributed by atoms with Gasteiger partial charge in [-0.25, -0.2) is 4.79 Å². The zero-order chi connectivity index (χ0) is 13.1. The Morgan fingerprint density at radius 3 is 2.95 bits per heavy atom. The Balaban J connectivity index is 1.49. The van der Waals surface area contributed by atoms with Gasteiger partial charge in [0.25, 0.3) is 0 Å². The summed E-state index contributed by atoms with van der Waals surface area (Å²) in [6, 6.07) is 0.448. The fraction of sp³-hybridized carbons (Fsp3) is 0.929. The van der Waals surface area contributed by atoms with Crippen LogP contribution in [0.15, 0.2) is 0 Å². The van der Waals surface area contributed by atoms with E-state index in [1.807, 2.05) is 16.7 Å². The third kappa shape index (κ3) is 3.19. The van der Waals surface area contributed by atoms with Crippen LogP contribution in [-0.4, -0.2) is 53.8 Å². The molecule has 0 aliphatic carbocycles. The molecule has 0 bridgehead atoms. The molecule has 3 aliphatic heterocycles. The SMILES string of the molecule is O=C(NC[C@@H]1CCCS1)N1CCC[C@H]1[C@H]1CCCO1. The van der Waals surface area contributed by atoms with Crippen LogP contribution in [-0.2, 0) is 4.74 Å². The van der Waals surface area contributed by atoms with Crippen LogP contribution >= 0.6 is 11.8 Å². The van der Waals surface area contributed by atoms with Crippen molar-refractivity contribution in [3.8, 4) is 0 Å². The highest BCUT2D eigenvalue weighted by molar-refractivity contribution is 8.00. The monoisotopic (exact) mass is 284 g/mol. The number of amides is 2. The van der Waals surface area contributed by atoms with Crippen molar-refractivity contribution in [1.29, 1.82) is 0 Å². The van der Waals surface area contributed by atoms with Crippen LogP contribution in [0.4, 0.5) is 4.79 Å². The molecular weight excluding hydrogens is 260 g/mol. The summed E-state index contributed by atoms with van der Waals surface area (Å²) in [7, 11) is 0. The molecule has 5 heteroatoms. The lowest BCUT2D eigenvalue weighted by Crippen LogP contribution is -2.48. The fourth-order valence-electron chi connectivity index (χ4n) is 3.45. The normalized spacial score (nSPS) is 34.9. The van der Waals surface area contributed by atoms with Gasteiger partial charge in [-0.15, -0.1) is 0 Å². The Morgan fingerprint density at radius 2 is 2.21 bits per heavy atom. The van der Waals surface area contributed by atoms with Crippen molar-refractivity contribution in [1.82, 2.24) is 10.2 Å². The summed E-state index contributed by atoms with van der Waals surface area (Å²) >= 11 is 2.00. The number of carbonyl (C=O) groups excluding carboxylic acids is 1. The Hall–Kier alpha value is -0.420. The third-order valence-corrected chi connectivity index (χ3v) is 5.86. The number of thioether (sulfide) groups is 1. The number of rotatable bonds is 3. The van der Waals surface area contributed by atoms with Crippen molar-refractivity contribution in [2.45, 2.75) is 55.9 Å². The molecule has 3 atom stereocenters. The fourth-order valence-corrected chi connectivity index (χ4v) is 4.65. The maximum atomic E-state index is 12.3. The van der Waals surface area contributed by atoms with Crippen molar-refractivity contribution in [2.75, 3.05) is 25.4 Å². The first-order valence-corrected chi connectivity index (χ1v) is 8.67. The molecular formula is C14H24N2O2S. The third-order valence-electron chi connectivity index (χ3n) is 4.46. The second-order valence-corrected chi connectivity index (χ2v) is 7.18. The van der Waals surface area contributed by atoms with E-state index in [0.717, 1.165) is 45.4 Å². The molecule has 0 radical (unpaired) electrons. The van der Waals surface area contributed by atoms with Gasteiger partial charge in [-0.2, -0.15) is 11.8 Å². The van der Waals surface area contributed by atoms with Crippen molar-refractivity contribution in [3.05, 3.63) is 0 Å². The van der Waals surface area contributed by atoms with E-state index >= 15 is 0 Å². The van der Waals surface area contributed by atoms with Crippen LogP contribution in [0.1, 0.15) is 38.5 Å². The molecule has 3 rings (SSSR count). The summed E-state index contributed by atoms with van der Waals surface area (Å²) in [5.41, 5.74) is 0. The minimum absolute atomic E-state index is 0.130. The standard InChI is InChI=1S/C14H24N2O2S/c17-14(15-10-11-4-3-9-19-11)16-7-1-5-12(16)13-6-2-8-18-13/h11-13H,1-10H2,(H,15,17)/t11-,12-,13+/m0/s1. The molecule has 0 aromatic rings. The summed E-state index contributed by atoms with van der Waals surface area (Å²) in [6.07, 6.45) is 7.33. The summed E-state index contributed by atoms with van der Waals surface area (Å²) in [6.45, 7) is 2.60. The van der Waals surface area contributed by atoms with Gasteiger partial charge in [0, 0.05) is 24.9 Å². The van der Waals surface area contributed by atoms with Crippen LogP contribution < -0.4 is 5.32 Å². The molecule has 0 aromatic heterocycles. The summed E-state index contributed by atoms with van der Waals surface area (Å²) in [5, 5.41) is 3.76. The van der Waals surface area contributed by atoms with Gasteiger partial charge in [0.2, 0.25) is 0 Å². The molecule has 3 aliphatic rings. The maximum absolute atomic E-state index is 12.3. The number of nitrogens with zero attached hydrogens (tertiary/aromatic N) is 1. The minimum Gasteiger partial charge on any atom is -0.376 e. The Labute approximate surface area is 119 Å². The van der Waals surface area contributed by atoms with Gasteiger partial charge in [-0.3, -0.25) is 0 Å². The van der Waals surface area contributed by atoms with Crippen LogP contribution in [0.25, 0.3) is 0 Å². The van der Waals surface area contributed by atoms with E-state index in [0.29, 0.717) is 11.3 Å². The molecule has 0 unspecified atom stereocenters. The van der Waals surface area contributed by atoms with Gasteiger partial charge in [-0.05, 0) is 44.3 Å². The van der Waals surface area contributed by atoms with Gasteiger partial charge in [0.05, 0.1) is 12.1 Å². The van der Waals surface area contributed by atoms with Crippen molar-refractivity contribution >= 4 is 17.8 Å². The van der Waals surface area contributed by atoms with E-state index in [4.69, 9.17) is 4.74 Å². The van der Waals surface area contributed by atoms with Gasteiger partial charge in [0.1, 0.15) is 0 Å². The molecule has 3 saturated heterocycles. The van der Waals surface area contributed by atoms with Gasteiger partial charge in [-0.1, -0.05) is 0 Å². The highest BCUT2D eigenvalue weighted by atomic mass is 32.2. The molecule has 0 saturated carbocycles. The van der Waals surface area contributed by atoms with Crippen LogP contribution in [0.3, 0.4) is 0 Å². The number of hydrogen-bond donors (Lipinski definition) is 1. The lowest BCUT2D eigenvalue weighted by atomic mass is 10.1. The predicted molar refractivity (Wildman–Crippen MR) is 77.6 cm³/mol. The maximum Gasteiger partial charge on any atom is 0.317 e. The van der Waals surface area contributed by atoms with Crippen molar-refractivity contribution in [2.24, 2.45) is 0 Å². The Bertz CT molecular complexity index is 315.